The third-order valence-corrected chi connectivity index (χ3v) is 7.59. The van der Waals surface area contributed by atoms with E-state index in [1.165, 1.54) is 19.3 Å². The van der Waals surface area contributed by atoms with E-state index in [2.05, 4.69) is 10.6 Å². The van der Waals surface area contributed by atoms with Gasteiger partial charge in [-0.05, 0) is 42.9 Å². The molecule has 1 saturated heterocycles. The van der Waals surface area contributed by atoms with Crippen molar-refractivity contribution < 1.29 is 24.5 Å². The van der Waals surface area contributed by atoms with Crippen LogP contribution in [0, 0.1) is 11.8 Å². The Morgan fingerprint density at radius 2 is 1.97 bits per heavy atom. The molecule has 2 fully saturated rings. The highest BCUT2D eigenvalue weighted by molar-refractivity contribution is 6.30. The molecule has 1 aliphatic heterocycles. The maximum Gasteiger partial charge on any atom is 0.404 e. The summed E-state index contributed by atoms with van der Waals surface area (Å²) in [6.45, 7) is 1.60. The molecule has 1 saturated carbocycles. The van der Waals surface area contributed by atoms with Gasteiger partial charge in [-0.2, -0.15) is 0 Å². The van der Waals surface area contributed by atoms with Crippen LogP contribution in [0.3, 0.4) is 0 Å². The molecule has 10 heteroatoms. The number of carboxylic acid groups (broad SMARTS) is 1. The van der Waals surface area contributed by atoms with E-state index in [4.69, 9.17) is 27.2 Å². The Labute approximate surface area is 218 Å². The Balaban J connectivity index is 1.65. The van der Waals surface area contributed by atoms with Gasteiger partial charge in [-0.1, -0.05) is 55.8 Å². The minimum absolute atomic E-state index is 0.0176. The third kappa shape index (κ3) is 8.80. The molecule has 2 aliphatic rings. The number of benzene rings is 1. The van der Waals surface area contributed by atoms with E-state index in [9.17, 15) is 14.7 Å². The van der Waals surface area contributed by atoms with Crippen molar-refractivity contribution in [2.75, 3.05) is 32.8 Å². The SMILES string of the molecule is NCC(O)C(CC1CCCCC1)NC(=O)N1CCCC(C(OCCNC(=O)O)c2cccc(Cl)c2)C1. The fourth-order valence-electron chi connectivity index (χ4n) is 5.48. The van der Waals surface area contributed by atoms with Crippen LogP contribution in [-0.4, -0.2) is 72.2 Å². The number of aliphatic hydroxyl groups is 1. The molecule has 1 aromatic carbocycles. The van der Waals surface area contributed by atoms with E-state index >= 15 is 0 Å². The van der Waals surface area contributed by atoms with Gasteiger partial charge in [-0.15, -0.1) is 0 Å². The molecule has 4 atom stereocenters. The first-order chi connectivity index (χ1) is 17.4. The fraction of sp³-hybridized carbons (Fsp3) is 0.692. The van der Waals surface area contributed by atoms with Crippen molar-refractivity contribution in [2.45, 2.75) is 69.6 Å². The standard InChI is InChI=1S/C26H41ClN4O5/c27-21-10-4-8-19(15-21)24(36-13-11-29-26(34)35)20-9-5-12-31(17-20)25(33)30-22(23(32)16-28)14-18-6-2-1-3-7-18/h4,8,10,15,18,20,22-24,29,32H,1-3,5-7,9,11-14,16-17,28H2,(H,30,33)(H,34,35). The van der Waals surface area contributed by atoms with Gasteiger partial charge in [0.1, 0.15) is 0 Å². The lowest BCUT2D eigenvalue weighted by Gasteiger charge is -2.38. The summed E-state index contributed by atoms with van der Waals surface area (Å²) in [5, 5.41) is 25.4. The highest BCUT2D eigenvalue weighted by atomic mass is 35.5. The Morgan fingerprint density at radius 1 is 1.19 bits per heavy atom. The predicted molar refractivity (Wildman–Crippen MR) is 139 cm³/mol. The van der Waals surface area contributed by atoms with Crippen molar-refractivity contribution >= 4 is 23.7 Å². The van der Waals surface area contributed by atoms with Crippen molar-refractivity contribution in [3.8, 4) is 0 Å². The van der Waals surface area contributed by atoms with Crippen LogP contribution in [0.1, 0.15) is 63.0 Å². The zero-order chi connectivity index (χ0) is 25.9. The number of hydrogen-bond donors (Lipinski definition) is 5. The maximum absolute atomic E-state index is 13.3. The Morgan fingerprint density at radius 3 is 2.67 bits per heavy atom. The number of nitrogens with zero attached hydrogens (tertiary/aromatic N) is 1. The quantitative estimate of drug-likeness (QED) is 0.280. The van der Waals surface area contributed by atoms with E-state index < -0.39 is 12.2 Å². The molecule has 0 radical (unpaired) electrons. The summed E-state index contributed by atoms with van der Waals surface area (Å²) in [5.74, 6) is 0.517. The van der Waals surface area contributed by atoms with Crippen LogP contribution in [0.2, 0.25) is 5.02 Å². The van der Waals surface area contributed by atoms with Gasteiger partial charge in [0.15, 0.2) is 0 Å². The number of piperidine rings is 1. The van der Waals surface area contributed by atoms with Crippen molar-refractivity contribution in [2.24, 2.45) is 17.6 Å². The monoisotopic (exact) mass is 524 g/mol. The molecule has 0 bridgehead atoms. The molecule has 1 aliphatic carbocycles. The molecule has 0 spiro atoms. The van der Waals surface area contributed by atoms with E-state index in [-0.39, 0.29) is 43.8 Å². The predicted octanol–water partition coefficient (Wildman–Crippen LogP) is 3.75. The van der Waals surface area contributed by atoms with Crippen LogP contribution in [0.15, 0.2) is 24.3 Å². The van der Waals surface area contributed by atoms with Crippen LogP contribution in [0.25, 0.3) is 0 Å². The fourth-order valence-corrected chi connectivity index (χ4v) is 5.68. The molecule has 9 nitrogen and oxygen atoms in total. The average molecular weight is 525 g/mol. The van der Waals surface area contributed by atoms with Crippen LogP contribution in [0.4, 0.5) is 9.59 Å². The smallest absolute Gasteiger partial charge is 0.404 e. The number of rotatable bonds is 11. The molecule has 3 amide bonds. The largest absolute Gasteiger partial charge is 0.465 e. The zero-order valence-electron chi connectivity index (χ0n) is 20.9. The average Bonchev–Trinajstić information content (AvgIpc) is 2.88. The first-order valence-electron chi connectivity index (χ1n) is 13.1. The lowest BCUT2D eigenvalue weighted by Crippen LogP contribution is -2.54. The lowest BCUT2D eigenvalue weighted by atomic mass is 9.83. The molecule has 202 valence electrons. The number of urea groups is 1. The Bertz CT molecular complexity index is 838. The van der Waals surface area contributed by atoms with E-state index in [1.807, 2.05) is 18.2 Å². The molecular formula is C26H41ClN4O5. The summed E-state index contributed by atoms with van der Waals surface area (Å²) in [5.41, 5.74) is 6.66. The minimum Gasteiger partial charge on any atom is -0.465 e. The van der Waals surface area contributed by atoms with Gasteiger partial charge in [0.2, 0.25) is 0 Å². The van der Waals surface area contributed by atoms with Crippen molar-refractivity contribution in [3.63, 3.8) is 0 Å². The van der Waals surface area contributed by atoms with Crippen molar-refractivity contribution in [3.05, 3.63) is 34.9 Å². The number of hydrogen-bond acceptors (Lipinski definition) is 5. The first kappa shape index (κ1) is 28.5. The molecule has 3 rings (SSSR count). The summed E-state index contributed by atoms with van der Waals surface area (Å²) >= 11 is 6.24. The molecular weight excluding hydrogens is 484 g/mol. The summed E-state index contributed by atoms with van der Waals surface area (Å²) in [6.07, 6.45) is 6.13. The first-order valence-corrected chi connectivity index (χ1v) is 13.5. The number of ether oxygens (including phenoxy) is 1. The lowest BCUT2D eigenvalue weighted by molar-refractivity contribution is -0.00888. The van der Waals surface area contributed by atoms with E-state index in [0.29, 0.717) is 24.0 Å². The number of halogens is 1. The second-order valence-corrected chi connectivity index (χ2v) is 10.5. The molecule has 1 aromatic rings. The normalized spacial score (nSPS) is 21.4. The van der Waals surface area contributed by atoms with Gasteiger partial charge in [0.05, 0.1) is 24.9 Å². The van der Waals surface area contributed by atoms with Crippen LogP contribution >= 0.6 is 11.6 Å². The second-order valence-electron chi connectivity index (χ2n) is 10.0. The number of carbonyl (C=O) groups is 2. The second kappa shape index (κ2) is 14.6. The van der Waals surface area contributed by atoms with Gasteiger partial charge >= 0.3 is 12.1 Å². The Hall–Kier alpha value is -2.07. The molecule has 0 aromatic heterocycles. The summed E-state index contributed by atoms with van der Waals surface area (Å²) in [4.78, 5) is 25.9. The summed E-state index contributed by atoms with van der Waals surface area (Å²) < 4.78 is 6.14. The van der Waals surface area contributed by atoms with Crippen molar-refractivity contribution in [1.82, 2.24) is 15.5 Å². The number of nitrogens with one attached hydrogen (secondary N) is 2. The number of carbonyl (C=O) groups excluding carboxylic acids is 1. The zero-order valence-corrected chi connectivity index (χ0v) is 21.7. The molecule has 4 unspecified atom stereocenters. The van der Waals surface area contributed by atoms with Crippen LogP contribution < -0.4 is 16.4 Å². The highest BCUT2D eigenvalue weighted by Crippen LogP contribution is 2.34. The topological polar surface area (TPSA) is 137 Å². The minimum atomic E-state index is -1.10. The molecule has 1 heterocycles. The van der Waals surface area contributed by atoms with Crippen LogP contribution in [-0.2, 0) is 4.74 Å². The number of amides is 3. The number of aliphatic hydroxyl groups excluding tert-OH is 1. The van der Waals surface area contributed by atoms with Gasteiger partial charge in [0, 0.05) is 37.1 Å². The van der Waals surface area contributed by atoms with Crippen molar-refractivity contribution in [1.29, 1.82) is 0 Å². The van der Waals surface area contributed by atoms with E-state index in [0.717, 1.165) is 37.7 Å². The van der Waals surface area contributed by atoms with Crippen LogP contribution in [0.5, 0.6) is 0 Å². The van der Waals surface area contributed by atoms with E-state index in [1.54, 1.807) is 11.0 Å². The van der Waals surface area contributed by atoms with Gasteiger partial charge in [-0.3, -0.25) is 0 Å². The number of nitrogens with two attached hydrogens (primary N) is 1. The number of likely N-dealkylation sites (tertiary alicyclic amines) is 1. The van der Waals surface area contributed by atoms with Gasteiger partial charge in [0.25, 0.3) is 0 Å². The third-order valence-electron chi connectivity index (χ3n) is 7.35. The molecule has 6 N–H and O–H groups in total. The van der Waals surface area contributed by atoms with Gasteiger partial charge in [-0.25, -0.2) is 9.59 Å². The summed E-state index contributed by atoms with van der Waals surface area (Å²) in [6, 6.07) is 6.90. The summed E-state index contributed by atoms with van der Waals surface area (Å²) in [7, 11) is 0. The molecule has 36 heavy (non-hydrogen) atoms. The Kier molecular flexibility index (Phi) is 11.6. The highest BCUT2D eigenvalue weighted by Gasteiger charge is 2.33. The van der Waals surface area contributed by atoms with Gasteiger partial charge < -0.3 is 36.2 Å². The maximum atomic E-state index is 13.3.